The predicted molar refractivity (Wildman–Crippen MR) is 125 cm³/mol. The van der Waals surface area contributed by atoms with Gasteiger partial charge in [-0.2, -0.15) is 0 Å². The molecule has 5 saturated carbocycles. The Morgan fingerprint density at radius 2 is 1.50 bits per heavy atom. The van der Waals surface area contributed by atoms with E-state index in [9.17, 15) is 9.59 Å². The first-order valence-electron chi connectivity index (χ1n) is 13.3. The lowest BCUT2D eigenvalue weighted by atomic mass is 9.54. The normalized spacial score (nSPS) is 36.2. The van der Waals surface area contributed by atoms with Crippen LogP contribution in [0.25, 0.3) is 0 Å². The van der Waals surface area contributed by atoms with Crippen molar-refractivity contribution in [1.82, 2.24) is 5.32 Å². The molecule has 5 heteroatoms. The zero-order valence-electron chi connectivity index (χ0n) is 20.6. The van der Waals surface area contributed by atoms with E-state index in [1.54, 1.807) is 0 Å². The van der Waals surface area contributed by atoms with Crippen molar-refractivity contribution in [3.8, 4) is 0 Å². The highest BCUT2D eigenvalue weighted by atomic mass is 16.5. The number of amides is 1. The van der Waals surface area contributed by atoms with Crippen LogP contribution in [0, 0.1) is 29.1 Å². The van der Waals surface area contributed by atoms with Crippen LogP contribution in [0.15, 0.2) is 0 Å². The number of hydrogen-bond donors (Lipinski definition) is 1. The van der Waals surface area contributed by atoms with Gasteiger partial charge in [0.25, 0.3) is 0 Å². The number of rotatable bonds is 9. The van der Waals surface area contributed by atoms with Crippen LogP contribution in [0.3, 0.4) is 0 Å². The SMILES string of the molecule is CC(C)(C)C1CCC(OC(=O)CCCC(=O)NCCOC23CC4CC(CC(C4)C2)C3)CC1. The molecule has 0 heterocycles. The van der Waals surface area contributed by atoms with E-state index in [1.807, 2.05) is 0 Å². The van der Waals surface area contributed by atoms with Gasteiger partial charge in [0.2, 0.25) is 5.91 Å². The van der Waals surface area contributed by atoms with Gasteiger partial charge in [0, 0.05) is 19.4 Å². The van der Waals surface area contributed by atoms with Gasteiger partial charge in [-0.3, -0.25) is 9.59 Å². The fourth-order valence-electron chi connectivity index (χ4n) is 7.44. The van der Waals surface area contributed by atoms with Crippen LogP contribution in [0.1, 0.15) is 104 Å². The quantitative estimate of drug-likeness (QED) is 0.379. The maximum absolute atomic E-state index is 12.2. The fraction of sp³-hybridized carbons (Fsp3) is 0.926. The summed E-state index contributed by atoms with van der Waals surface area (Å²) in [4.78, 5) is 24.3. The molecule has 0 aromatic heterocycles. The zero-order chi connectivity index (χ0) is 22.8. The summed E-state index contributed by atoms with van der Waals surface area (Å²) in [5, 5.41) is 2.97. The second-order valence-corrected chi connectivity index (χ2v) is 12.5. The van der Waals surface area contributed by atoms with Crippen molar-refractivity contribution in [2.75, 3.05) is 13.2 Å². The van der Waals surface area contributed by atoms with E-state index in [0.717, 1.165) is 43.4 Å². The Kier molecular flexibility index (Phi) is 7.53. The highest BCUT2D eigenvalue weighted by molar-refractivity contribution is 5.77. The molecule has 0 aromatic rings. The lowest BCUT2D eigenvalue weighted by molar-refractivity contribution is -0.161. The summed E-state index contributed by atoms with van der Waals surface area (Å²) in [5.74, 6) is 3.21. The standard InChI is InChI=1S/C27H45NO4/c1-26(2,3)22-7-9-23(10-8-22)32-25(30)6-4-5-24(29)28-11-12-31-27-16-19-13-20(17-27)15-21(14-19)18-27/h19-23H,4-18H2,1-3H3,(H,28,29). The zero-order valence-corrected chi connectivity index (χ0v) is 20.6. The topological polar surface area (TPSA) is 64.6 Å². The van der Waals surface area contributed by atoms with Crippen LogP contribution >= 0.6 is 0 Å². The molecule has 0 aromatic carbocycles. The van der Waals surface area contributed by atoms with Crippen LogP contribution in [0.4, 0.5) is 0 Å². The first-order chi connectivity index (χ1) is 15.2. The van der Waals surface area contributed by atoms with Gasteiger partial charge in [0.1, 0.15) is 6.10 Å². The first kappa shape index (κ1) is 24.0. The number of hydrogen-bond acceptors (Lipinski definition) is 4. The van der Waals surface area contributed by atoms with Gasteiger partial charge in [-0.05, 0) is 99.7 Å². The molecule has 4 bridgehead atoms. The number of esters is 1. The molecule has 5 aliphatic carbocycles. The van der Waals surface area contributed by atoms with Crippen molar-refractivity contribution >= 4 is 11.9 Å². The molecule has 0 radical (unpaired) electrons. The molecule has 1 N–H and O–H groups in total. The van der Waals surface area contributed by atoms with Gasteiger partial charge in [-0.1, -0.05) is 20.8 Å². The Morgan fingerprint density at radius 3 is 2.06 bits per heavy atom. The van der Waals surface area contributed by atoms with E-state index in [2.05, 4.69) is 26.1 Å². The Morgan fingerprint density at radius 1 is 0.906 bits per heavy atom. The Labute approximate surface area is 194 Å². The number of ether oxygens (including phenoxy) is 2. The van der Waals surface area contributed by atoms with E-state index in [-0.39, 0.29) is 23.6 Å². The summed E-state index contributed by atoms with van der Waals surface area (Å²) >= 11 is 0. The second kappa shape index (κ2) is 10.0. The summed E-state index contributed by atoms with van der Waals surface area (Å²) in [7, 11) is 0. The minimum atomic E-state index is -0.151. The third-order valence-electron chi connectivity index (χ3n) is 8.80. The highest BCUT2D eigenvalue weighted by Crippen LogP contribution is 2.57. The van der Waals surface area contributed by atoms with E-state index >= 15 is 0 Å². The van der Waals surface area contributed by atoms with E-state index in [0.29, 0.717) is 43.7 Å². The lowest BCUT2D eigenvalue weighted by Crippen LogP contribution is -2.52. The monoisotopic (exact) mass is 447 g/mol. The van der Waals surface area contributed by atoms with Crippen molar-refractivity contribution < 1.29 is 19.1 Å². The Balaban J connectivity index is 1.04. The van der Waals surface area contributed by atoms with Crippen molar-refractivity contribution in [2.45, 2.75) is 116 Å². The molecule has 0 saturated heterocycles. The molecule has 0 aliphatic heterocycles. The van der Waals surface area contributed by atoms with Crippen molar-refractivity contribution in [1.29, 1.82) is 0 Å². The number of nitrogens with one attached hydrogen (secondary N) is 1. The summed E-state index contributed by atoms with van der Waals surface area (Å²) in [6, 6.07) is 0. The highest BCUT2D eigenvalue weighted by Gasteiger charge is 2.51. The first-order valence-corrected chi connectivity index (χ1v) is 13.3. The van der Waals surface area contributed by atoms with Crippen LogP contribution in [0.5, 0.6) is 0 Å². The van der Waals surface area contributed by atoms with Crippen molar-refractivity contribution in [2.24, 2.45) is 29.1 Å². The number of carbonyl (C=O) groups is 2. The van der Waals surface area contributed by atoms with Gasteiger partial charge >= 0.3 is 5.97 Å². The van der Waals surface area contributed by atoms with E-state index in [4.69, 9.17) is 9.47 Å². The maximum Gasteiger partial charge on any atom is 0.306 e. The average molecular weight is 448 g/mol. The van der Waals surface area contributed by atoms with Gasteiger partial charge in [-0.25, -0.2) is 0 Å². The molecule has 0 atom stereocenters. The van der Waals surface area contributed by atoms with Crippen LogP contribution in [-0.2, 0) is 19.1 Å². The van der Waals surface area contributed by atoms with Crippen LogP contribution in [-0.4, -0.2) is 36.7 Å². The molecule has 0 unspecified atom stereocenters. The van der Waals surface area contributed by atoms with Crippen LogP contribution < -0.4 is 5.32 Å². The van der Waals surface area contributed by atoms with Crippen LogP contribution in [0.2, 0.25) is 0 Å². The summed E-state index contributed by atoms with van der Waals surface area (Å²) in [5.41, 5.74) is 0.442. The lowest BCUT2D eigenvalue weighted by Gasteiger charge is -2.56. The number of carbonyl (C=O) groups excluding carboxylic acids is 2. The van der Waals surface area contributed by atoms with Gasteiger partial charge in [-0.15, -0.1) is 0 Å². The van der Waals surface area contributed by atoms with E-state index < -0.39 is 0 Å². The Hall–Kier alpha value is -1.10. The van der Waals surface area contributed by atoms with Crippen molar-refractivity contribution in [3.63, 3.8) is 0 Å². The largest absolute Gasteiger partial charge is 0.462 e. The Bertz CT molecular complexity index is 624. The third kappa shape index (κ3) is 6.27. The van der Waals surface area contributed by atoms with E-state index in [1.165, 1.54) is 38.5 Å². The van der Waals surface area contributed by atoms with Gasteiger partial charge < -0.3 is 14.8 Å². The molecule has 5 rings (SSSR count). The minimum Gasteiger partial charge on any atom is -0.462 e. The minimum absolute atomic E-state index is 0.0117. The molecule has 1 amide bonds. The average Bonchev–Trinajstić information content (AvgIpc) is 2.70. The second-order valence-electron chi connectivity index (χ2n) is 12.5. The predicted octanol–water partition coefficient (Wildman–Crippen LogP) is 5.41. The summed E-state index contributed by atoms with van der Waals surface area (Å²) in [6.45, 7) is 8.07. The third-order valence-corrected chi connectivity index (χ3v) is 8.80. The fourth-order valence-corrected chi connectivity index (χ4v) is 7.44. The molecule has 5 aliphatic rings. The van der Waals surface area contributed by atoms with Gasteiger partial charge in [0.05, 0.1) is 12.2 Å². The maximum atomic E-state index is 12.2. The molecular weight excluding hydrogens is 402 g/mol. The molecule has 32 heavy (non-hydrogen) atoms. The van der Waals surface area contributed by atoms with Gasteiger partial charge in [0.15, 0.2) is 0 Å². The molecule has 5 fully saturated rings. The summed E-state index contributed by atoms with van der Waals surface area (Å²) < 4.78 is 12.0. The molecular formula is C27H45NO4. The smallest absolute Gasteiger partial charge is 0.306 e. The molecule has 182 valence electrons. The summed E-state index contributed by atoms with van der Waals surface area (Å²) in [6.07, 6.45) is 13.5. The molecule has 0 spiro atoms. The van der Waals surface area contributed by atoms with Crippen molar-refractivity contribution in [3.05, 3.63) is 0 Å². The molecule has 5 nitrogen and oxygen atoms in total.